The van der Waals surface area contributed by atoms with Crippen molar-refractivity contribution in [1.82, 2.24) is 25.2 Å². The smallest absolute Gasteiger partial charge is 0.261 e. The Morgan fingerprint density at radius 3 is 2.70 bits per heavy atom. The molecule has 0 radical (unpaired) electrons. The van der Waals surface area contributed by atoms with Crippen LogP contribution in [0.5, 0.6) is 0 Å². The van der Waals surface area contributed by atoms with Gasteiger partial charge in [0.2, 0.25) is 0 Å². The normalized spacial score (nSPS) is 15.9. The van der Waals surface area contributed by atoms with Crippen LogP contribution in [0.25, 0.3) is 5.57 Å². The Bertz CT molecular complexity index is 1030. The molecule has 138 valence electrons. The number of benzene rings is 1. The average molecular weight is 367 g/mol. The molecule has 0 saturated heterocycles. The molecule has 8 heteroatoms. The Balaban J connectivity index is 1.83. The van der Waals surface area contributed by atoms with Gasteiger partial charge in [-0.05, 0) is 31.2 Å². The first kappa shape index (κ1) is 17.1. The second-order valence-corrected chi connectivity index (χ2v) is 7.17. The predicted molar refractivity (Wildman–Crippen MR) is 95.2 cm³/mol. The number of H-pyrrole nitrogens is 1. The number of aromatic amines is 1. The maximum absolute atomic E-state index is 13.2. The van der Waals surface area contributed by atoms with E-state index in [-0.39, 0.29) is 17.1 Å². The molecule has 27 heavy (non-hydrogen) atoms. The van der Waals surface area contributed by atoms with Gasteiger partial charge in [0.25, 0.3) is 11.8 Å². The van der Waals surface area contributed by atoms with Gasteiger partial charge in [0, 0.05) is 29.3 Å². The molecule has 7 nitrogen and oxygen atoms in total. The number of nitrogens with one attached hydrogen (secondary N) is 1. The standard InChI is InChI=1S/C19H18FN5O2/c1-11-22-17(27-24-11)14-9-25(18(26)12-4-6-13(20)7-5-12)10-19(2,3)15-8-21-23-16(14)15/h4-9H,10H2,1-3H3,(H,21,23). The number of hydrogen-bond acceptors (Lipinski definition) is 5. The number of aryl methyl sites for hydroxylation is 1. The first-order valence-electron chi connectivity index (χ1n) is 8.48. The summed E-state index contributed by atoms with van der Waals surface area (Å²) in [5, 5.41) is 11.0. The molecule has 0 bridgehead atoms. The monoisotopic (exact) mass is 367 g/mol. The third kappa shape index (κ3) is 3.03. The summed E-state index contributed by atoms with van der Waals surface area (Å²) >= 11 is 0. The van der Waals surface area contributed by atoms with Gasteiger partial charge in [-0.3, -0.25) is 9.89 Å². The van der Waals surface area contributed by atoms with Crippen molar-refractivity contribution in [3.63, 3.8) is 0 Å². The quantitative estimate of drug-likeness (QED) is 0.752. The van der Waals surface area contributed by atoms with E-state index >= 15 is 0 Å². The minimum absolute atomic E-state index is 0.241. The van der Waals surface area contributed by atoms with Gasteiger partial charge in [0.05, 0.1) is 17.5 Å². The van der Waals surface area contributed by atoms with Crippen molar-refractivity contribution in [2.24, 2.45) is 0 Å². The van der Waals surface area contributed by atoms with Gasteiger partial charge in [-0.25, -0.2) is 4.39 Å². The minimum Gasteiger partial charge on any atom is -0.334 e. The first-order chi connectivity index (χ1) is 12.8. The van der Waals surface area contributed by atoms with Crippen LogP contribution in [0.3, 0.4) is 0 Å². The maximum Gasteiger partial charge on any atom is 0.261 e. The Morgan fingerprint density at radius 2 is 2.04 bits per heavy atom. The van der Waals surface area contributed by atoms with Crippen LogP contribution < -0.4 is 0 Å². The zero-order chi connectivity index (χ0) is 19.2. The molecule has 0 saturated carbocycles. The second-order valence-electron chi connectivity index (χ2n) is 7.17. The van der Waals surface area contributed by atoms with Crippen molar-refractivity contribution < 1.29 is 13.7 Å². The van der Waals surface area contributed by atoms with E-state index in [0.29, 0.717) is 29.4 Å². The number of rotatable bonds is 2. The molecule has 1 aromatic carbocycles. The molecule has 2 aromatic heterocycles. The van der Waals surface area contributed by atoms with Gasteiger partial charge in [0.1, 0.15) is 5.82 Å². The number of hydrogen-bond donors (Lipinski definition) is 1. The summed E-state index contributed by atoms with van der Waals surface area (Å²) in [6.07, 6.45) is 3.43. The lowest BCUT2D eigenvalue weighted by Crippen LogP contribution is -2.36. The molecule has 1 N–H and O–H groups in total. The van der Waals surface area contributed by atoms with Gasteiger partial charge < -0.3 is 9.42 Å². The molecule has 0 spiro atoms. The minimum atomic E-state index is -0.388. The Kier molecular flexibility index (Phi) is 3.91. The third-order valence-corrected chi connectivity index (χ3v) is 4.60. The highest BCUT2D eigenvalue weighted by Crippen LogP contribution is 2.36. The van der Waals surface area contributed by atoms with Gasteiger partial charge in [-0.15, -0.1) is 0 Å². The van der Waals surface area contributed by atoms with Crippen LogP contribution in [0.15, 0.2) is 41.2 Å². The van der Waals surface area contributed by atoms with E-state index in [1.807, 2.05) is 13.8 Å². The first-order valence-corrected chi connectivity index (χ1v) is 8.48. The van der Waals surface area contributed by atoms with Gasteiger partial charge in [0.15, 0.2) is 5.82 Å². The van der Waals surface area contributed by atoms with Crippen molar-refractivity contribution >= 4 is 11.5 Å². The van der Waals surface area contributed by atoms with Gasteiger partial charge in [-0.2, -0.15) is 10.1 Å². The molecule has 0 atom stereocenters. The van der Waals surface area contributed by atoms with E-state index in [9.17, 15) is 9.18 Å². The van der Waals surface area contributed by atoms with Crippen LogP contribution in [0.4, 0.5) is 4.39 Å². The molecule has 4 rings (SSSR count). The molecular formula is C19H18FN5O2. The highest BCUT2D eigenvalue weighted by molar-refractivity contribution is 5.96. The fourth-order valence-corrected chi connectivity index (χ4v) is 3.24. The van der Waals surface area contributed by atoms with E-state index in [0.717, 1.165) is 11.3 Å². The number of carbonyl (C=O) groups excluding carboxylic acids is 1. The molecule has 3 heterocycles. The lowest BCUT2D eigenvalue weighted by atomic mass is 9.84. The maximum atomic E-state index is 13.2. The number of carbonyl (C=O) groups is 1. The summed E-state index contributed by atoms with van der Waals surface area (Å²) in [5.41, 5.74) is 2.28. The van der Waals surface area contributed by atoms with E-state index < -0.39 is 0 Å². The molecule has 1 aliphatic heterocycles. The second kappa shape index (κ2) is 6.15. The molecule has 0 fully saturated rings. The van der Waals surface area contributed by atoms with Crippen molar-refractivity contribution in [2.75, 3.05) is 6.54 Å². The predicted octanol–water partition coefficient (Wildman–Crippen LogP) is 3.06. The van der Waals surface area contributed by atoms with Gasteiger partial charge in [-0.1, -0.05) is 19.0 Å². The van der Waals surface area contributed by atoms with Crippen molar-refractivity contribution in [3.05, 3.63) is 71.0 Å². The number of fused-ring (bicyclic) bond motifs is 1. The number of amides is 1. The Labute approximate surface area is 154 Å². The molecule has 0 unspecified atom stereocenters. The largest absolute Gasteiger partial charge is 0.334 e. The number of aromatic nitrogens is 4. The highest BCUT2D eigenvalue weighted by atomic mass is 19.1. The lowest BCUT2D eigenvalue weighted by molar-refractivity contribution is 0.0800. The van der Waals surface area contributed by atoms with Crippen LogP contribution in [-0.4, -0.2) is 37.7 Å². The molecule has 1 aliphatic rings. The van der Waals surface area contributed by atoms with E-state index in [1.165, 1.54) is 24.3 Å². The summed E-state index contributed by atoms with van der Waals surface area (Å²) in [5.74, 6) is 0.163. The van der Waals surface area contributed by atoms with E-state index in [1.54, 1.807) is 24.2 Å². The fourth-order valence-electron chi connectivity index (χ4n) is 3.24. The number of halogens is 1. The summed E-state index contributed by atoms with van der Waals surface area (Å²) in [6.45, 7) is 6.19. The average Bonchev–Trinajstić information content (AvgIpc) is 3.26. The van der Waals surface area contributed by atoms with E-state index in [4.69, 9.17) is 4.52 Å². The summed E-state index contributed by atoms with van der Waals surface area (Å²) in [4.78, 5) is 19.0. The van der Waals surface area contributed by atoms with Crippen molar-refractivity contribution in [3.8, 4) is 0 Å². The van der Waals surface area contributed by atoms with Crippen molar-refractivity contribution in [2.45, 2.75) is 26.2 Å². The molecule has 3 aromatic rings. The van der Waals surface area contributed by atoms with Crippen LogP contribution in [-0.2, 0) is 5.41 Å². The van der Waals surface area contributed by atoms with Crippen molar-refractivity contribution in [1.29, 1.82) is 0 Å². The zero-order valence-electron chi connectivity index (χ0n) is 15.2. The fraction of sp³-hybridized carbons (Fsp3) is 0.263. The summed E-state index contributed by atoms with van der Waals surface area (Å²) < 4.78 is 18.6. The Morgan fingerprint density at radius 1 is 1.30 bits per heavy atom. The van der Waals surface area contributed by atoms with Crippen LogP contribution in [0.1, 0.15) is 47.2 Å². The Hall–Kier alpha value is -3.29. The highest BCUT2D eigenvalue weighted by Gasteiger charge is 2.35. The molecule has 0 aliphatic carbocycles. The van der Waals surface area contributed by atoms with Crippen LogP contribution in [0.2, 0.25) is 0 Å². The molecule has 1 amide bonds. The number of nitrogens with zero attached hydrogens (tertiary/aromatic N) is 4. The SMILES string of the molecule is Cc1noc(C2=CN(C(=O)c3ccc(F)cc3)CC(C)(C)c3cn[nH]c32)n1. The zero-order valence-corrected chi connectivity index (χ0v) is 15.2. The topological polar surface area (TPSA) is 87.9 Å². The van der Waals surface area contributed by atoms with Crippen LogP contribution in [0, 0.1) is 12.7 Å². The third-order valence-electron chi connectivity index (χ3n) is 4.60. The summed E-state index contributed by atoms with van der Waals surface area (Å²) in [6, 6.07) is 5.49. The van der Waals surface area contributed by atoms with E-state index in [2.05, 4.69) is 20.3 Å². The van der Waals surface area contributed by atoms with Crippen LogP contribution >= 0.6 is 0 Å². The molecular weight excluding hydrogens is 349 g/mol. The summed E-state index contributed by atoms with van der Waals surface area (Å²) in [7, 11) is 0. The lowest BCUT2D eigenvalue weighted by Gasteiger charge is -2.28. The van der Waals surface area contributed by atoms with Gasteiger partial charge >= 0.3 is 0 Å².